The van der Waals surface area contributed by atoms with Gasteiger partial charge in [0.05, 0.1) is 6.54 Å². The molecule has 3 heterocycles. The summed E-state index contributed by atoms with van der Waals surface area (Å²) in [6.45, 7) is 5.36. The van der Waals surface area contributed by atoms with Crippen molar-refractivity contribution < 1.29 is 0 Å². The number of aromatic nitrogens is 4. The smallest absolute Gasteiger partial charge is 0.252 e. The summed E-state index contributed by atoms with van der Waals surface area (Å²) in [5.74, 6) is 2.73. The molecule has 1 saturated carbocycles. The number of nitrogens with one attached hydrogen (secondary N) is 1. The molecule has 0 amide bonds. The quantitative estimate of drug-likeness (QED) is 0.788. The van der Waals surface area contributed by atoms with E-state index in [-0.39, 0.29) is 5.56 Å². The molecule has 6 heteroatoms. The third-order valence-corrected chi connectivity index (χ3v) is 5.46. The number of rotatable bonds is 3. The fourth-order valence-electron chi connectivity index (χ4n) is 3.75. The molecule has 1 aliphatic carbocycles. The molecule has 1 aromatic carbocycles. The molecule has 0 spiro atoms. The van der Waals surface area contributed by atoms with Crippen LogP contribution in [0.15, 0.2) is 29.1 Å². The van der Waals surface area contributed by atoms with Crippen molar-refractivity contribution in [3.05, 3.63) is 57.4 Å². The number of hydrogen-bond acceptors (Lipinski definition) is 4. The van der Waals surface area contributed by atoms with E-state index < -0.39 is 0 Å². The molecule has 0 atom stereocenters. The van der Waals surface area contributed by atoms with Gasteiger partial charge in [-0.25, -0.2) is 9.67 Å². The molecule has 1 N–H and O–H groups in total. The van der Waals surface area contributed by atoms with Gasteiger partial charge in [0.25, 0.3) is 5.56 Å². The van der Waals surface area contributed by atoms with Crippen molar-refractivity contribution in [3.63, 3.8) is 0 Å². The molecular formula is C20H23N5O. The van der Waals surface area contributed by atoms with Gasteiger partial charge >= 0.3 is 0 Å². The Morgan fingerprint density at radius 1 is 1.19 bits per heavy atom. The van der Waals surface area contributed by atoms with Gasteiger partial charge in [0.2, 0.25) is 0 Å². The molecule has 0 unspecified atom stereocenters. The highest BCUT2D eigenvalue weighted by molar-refractivity contribution is 5.79. The van der Waals surface area contributed by atoms with Gasteiger partial charge in [0.15, 0.2) is 5.82 Å². The van der Waals surface area contributed by atoms with Crippen molar-refractivity contribution in [2.75, 3.05) is 13.1 Å². The Morgan fingerprint density at radius 2 is 2.08 bits per heavy atom. The number of aromatic amines is 1. The highest BCUT2D eigenvalue weighted by Gasteiger charge is 2.29. The minimum absolute atomic E-state index is 0.0132. The number of H-pyrrole nitrogens is 1. The van der Waals surface area contributed by atoms with E-state index in [4.69, 9.17) is 10.1 Å². The minimum Gasteiger partial charge on any atom is -0.322 e. The van der Waals surface area contributed by atoms with Crippen LogP contribution >= 0.6 is 0 Å². The maximum absolute atomic E-state index is 12.5. The standard InChI is InChI=1S/C20H23N5O/c1-13-2-3-15-11-16(20(26)21-17(15)10-13)12-24-7-6-18-22-19(14-4-5-14)23-25(18)9-8-24/h2-3,10-11,14H,4-9,12H2,1H3,(H,21,26). The number of nitrogens with zero attached hydrogens (tertiary/aromatic N) is 4. The van der Waals surface area contributed by atoms with Gasteiger partial charge in [0, 0.05) is 43.1 Å². The largest absolute Gasteiger partial charge is 0.322 e. The topological polar surface area (TPSA) is 66.8 Å². The molecule has 2 aliphatic rings. The van der Waals surface area contributed by atoms with Gasteiger partial charge in [-0.2, -0.15) is 5.10 Å². The van der Waals surface area contributed by atoms with Crippen LogP contribution in [-0.4, -0.2) is 37.7 Å². The lowest BCUT2D eigenvalue weighted by Crippen LogP contribution is -2.29. The number of pyridine rings is 1. The SMILES string of the molecule is Cc1ccc2cc(CN3CCc4nc(C5CC5)nn4CC3)c(=O)[nH]c2c1. The average molecular weight is 349 g/mol. The Labute approximate surface area is 151 Å². The van der Waals surface area contributed by atoms with Crippen molar-refractivity contribution in [2.45, 2.75) is 45.2 Å². The molecule has 3 aromatic rings. The van der Waals surface area contributed by atoms with Crippen LogP contribution in [0, 0.1) is 6.92 Å². The lowest BCUT2D eigenvalue weighted by molar-refractivity contribution is 0.267. The predicted molar refractivity (Wildman–Crippen MR) is 100 cm³/mol. The number of aryl methyl sites for hydroxylation is 1. The van der Waals surface area contributed by atoms with E-state index in [9.17, 15) is 4.79 Å². The normalized spacial score (nSPS) is 18.0. The van der Waals surface area contributed by atoms with E-state index in [1.54, 1.807) is 0 Å². The van der Waals surface area contributed by atoms with Crippen LogP contribution in [0.1, 0.15) is 41.5 Å². The molecule has 26 heavy (non-hydrogen) atoms. The summed E-state index contributed by atoms with van der Waals surface area (Å²) in [5.41, 5.74) is 2.90. The molecule has 2 aromatic heterocycles. The first-order valence-corrected chi connectivity index (χ1v) is 9.44. The molecule has 1 fully saturated rings. The lowest BCUT2D eigenvalue weighted by atomic mass is 10.1. The molecule has 134 valence electrons. The van der Waals surface area contributed by atoms with Gasteiger partial charge in [-0.05, 0) is 42.8 Å². The van der Waals surface area contributed by atoms with Crippen LogP contribution in [0.4, 0.5) is 0 Å². The summed E-state index contributed by atoms with van der Waals surface area (Å²) >= 11 is 0. The van der Waals surface area contributed by atoms with Crippen LogP contribution in [0.25, 0.3) is 10.9 Å². The summed E-state index contributed by atoms with van der Waals surface area (Å²) < 4.78 is 2.07. The number of benzene rings is 1. The van der Waals surface area contributed by atoms with Crippen molar-refractivity contribution in [3.8, 4) is 0 Å². The molecule has 0 bridgehead atoms. The molecule has 1 aliphatic heterocycles. The first-order chi connectivity index (χ1) is 12.7. The van der Waals surface area contributed by atoms with E-state index in [1.807, 2.05) is 19.1 Å². The maximum Gasteiger partial charge on any atom is 0.252 e. The Morgan fingerprint density at radius 3 is 2.92 bits per heavy atom. The third kappa shape index (κ3) is 2.94. The Bertz CT molecular complexity index is 1000. The molecule has 6 nitrogen and oxygen atoms in total. The van der Waals surface area contributed by atoms with Crippen molar-refractivity contribution in [1.82, 2.24) is 24.6 Å². The fraction of sp³-hybridized carbons (Fsp3) is 0.450. The molecular weight excluding hydrogens is 326 g/mol. The lowest BCUT2D eigenvalue weighted by Gasteiger charge is -2.19. The Hall–Kier alpha value is -2.47. The predicted octanol–water partition coefficient (Wildman–Crippen LogP) is 2.36. The van der Waals surface area contributed by atoms with E-state index in [0.717, 1.165) is 59.7 Å². The van der Waals surface area contributed by atoms with Crippen molar-refractivity contribution in [1.29, 1.82) is 0 Å². The van der Waals surface area contributed by atoms with Crippen LogP contribution < -0.4 is 5.56 Å². The van der Waals surface area contributed by atoms with E-state index in [1.165, 1.54) is 12.8 Å². The number of hydrogen-bond donors (Lipinski definition) is 1. The first kappa shape index (κ1) is 15.8. The second-order valence-electron chi connectivity index (χ2n) is 7.62. The monoisotopic (exact) mass is 349 g/mol. The van der Waals surface area contributed by atoms with E-state index in [2.05, 4.69) is 26.7 Å². The van der Waals surface area contributed by atoms with Gasteiger partial charge in [-0.1, -0.05) is 12.1 Å². The average Bonchev–Trinajstić information content (AvgIpc) is 3.41. The first-order valence-electron chi connectivity index (χ1n) is 9.44. The fourth-order valence-corrected chi connectivity index (χ4v) is 3.75. The van der Waals surface area contributed by atoms with Crippen molar-refractivity contribution in [2.24, 2.45) is 0 Å². The summed E-state index contributed by atoms with van der Waals surface area (Å²) in [5, 5.41) is 5.78. The molecule has 5 rings (SSSR count). The Kier molecular flexibility index (Phi) is 3.67. The minimum atomic E-state index is 0.0132. The van der Waals surface area contributed by atoms with Crippen LogP contribution in [-0.2, 0) is 19.5 Å². The van der Waals surface area contributed by atoms with Crippen molar-refractivity contribution >= 4 is 10.9 Å². The van der Waals surface area contributed by atoms with Crippen LogP contribution in [0.2, 0.25) is 0 Å². The highest BCUT2D eigenvalue weighted by atomic mass is 16.1. The summed E-state index contributed by atoms with van der Waals surface area (Å²) in [6, 6.07) is 8.21. The van der Waals surface area contributed by atoms with Crippen LogP contribution in [0.3, 0.4) is 0 Å². The van der Waals surface area contributed by atoms with Crippen LogP contribution in [0.5, 0.6) is 0 Å². The van der Waals surface area contributed by atoms with Gasteiger partial charge < -0.3 is 4.98 Å². The molecule has 0 saturated heterocycles. The van der Waals surface area contributed by atoms with Gasteiger partial charge in [-0.15, -0.1) is 0 Å². The van der Waals surface area contributed by atoms with Gasteiger partial charge in [0.1, 0.15) is 5.82 Å². The summed E-state index contributed by atoms with van der Waals surface area (Å²) in [7, 11) is 0. The zero-order valence-corrected chi connectivity index (χ0v) is 15.0. The second kappa shape index (κ2) is 6.06. The maximum atomic E-state index is 12.5. The number of fused-ring (bicyclic) bond motifs is 2. The molecule has 0 radical (unpaired) electrons. The highest BCUT2D eigenvalue weighted by Crippen LogP contribution is 2.38. The van der Waals surface area contributed by atoms with Gasteiger partial charge in [-0.3, -0.25) is 9.69 Å². The third-order valence-electron chi connectivity index (χ3n) is 5.46. The Balaban J connectivity index is 1.34. The summed E-state index contributed by atoms with van der Waals surface area (Å²) in [4.78, 5) is 22.6. The van der Waals surface area contributed by atoms with E-state index in [0.29, 0.717) is 12.5 Å². The summed E-state index contributed by atoms with van der Waals surface area (Å²) in [6.07, 6.45) is 3.37. The van der Waals surface area contributed by atoms with E-state index >= 15 is 0 Å². The zero-order chi connectivity index (χ0) is 17.7. The zero-order valence-electron chi connectivity index (χ0n) is 15.0. The second-order valence-corrected chi connectivity index (χ2v) is 7.62.